The largest absolute Gasteiger partial charge is 0.497 e. The molecule has 1 saturated heterocycles. The van der Waals surface area contributed by atoms with E-state index >= 15 is 0 Å². The first kappa shape index (κ1) is 23.1. The molecule has 0 amide bonds. The molecule has 1 fully saturated rings. The smallest absolute Gasteiger partial charge is 0.191 e. The Balaban J connectivity index is 1.50. The summed E-state index contributed by atoms with van der Waals surface area (Å²) < 4.78 is 5.22. The van der Waals surface area contributed by atoms with Crippen LogP contribution in [0.1, 0.15) is 30.0 Å². The Morgan fingerprint density at radius 3 is 2.32 bits per heavy atom. The molecule has 0 radical (unpaired) electrons. The molecular weight excluding hydrogens is 386 g/mol. The number of nitrogens with one attached hydrogen (secondary N) is 2. The normalized spacial score (nSPS) is 16.0. The fourth-order valence-electron chi connectivity index (χ4n) is 3.71. The molecule has 31 heavy (non-hydrogen) atoms. The fraction of sp³-hybridized carbons (Fsp3) is 0.480. The number of hydrogen-bond donors (Lipinski definition) is 2. The van der Waals surface area contributed by atoms with Crippen LogP contribution in [0.3, 0.4) is 0 Å². The van der Waals surface area contributed by atoms with Crippen molar-refractivity contribution in [3.8, 4) is 5.75 Å². The van der Waals surface area contributed by atoms with E-state index in [1.807, 2.05) is 24.3 Å². The van der Waals surface area contributed by atoms with Crippen LogP contribution in [0.25, 0.3) is 0 Å². The highest BCUT2D eigenvalue weighted by atomic mass is 16.5. The summed E-state index contributed by atoms with van der Waals surface area (Å²) in [6.07, 6.45) is 1.25. The lowest BCUT2D eigenvalue weighted by atomic mass is 10.1. The van der Waals surface area contributed by atoms with Gasteiger partial charge in [0.25, 0.3) is 0 Å². The standard InChI is InChI=1S/C25H37N5O/c1-4-26-25(28-19-22-10-12-24(31-3)13-11-22)27-18-21-6-8-23(9-7-21)20-30-15-5-14-29(2)16-17-30/h6-13H,4-5,14-20H2,1-3H3,(H2,26,27,28). The minimum absolute atomic E-state index is 0.628. The van der Waals surface area contributed by atoms with E-state index in [2.05, 4.69) is 58.7 Å². The minimum atomic E-state index is 0.628. The predicted molar refractivity (Wildman–Crippen MR) is 128 cm³/mol. The summed E-state index contributed by atoms with van der Waals surface area (Å²) in [6.45, 7) is 10.0. The van der Waals surface area contributed by atoms with Gasteiger partial charge in [-0.1, -0.05) is 36.4 Å². The predicted octanol–water partition coefficient (Wildman–Crippen LogP) is 3.09. The molecule has 1 aliphatic rings. The van der Waals surface area contributed by atoms with Crippen molar-refractivity contribution in [1.82, 2.24) is 20.4 Å². The van der Waals surface area contributed by atoms with E-state index in [1.54, 1.807) is 7.11 Å². The van der Waals surface area contributed by atoms with Gasteiger partial charge in [-0.15, -0.1) is 0 Å². The molecule has 0 atom stereocenters. The Hall–Kier alpha value is -2.57. The maximum Gasteiger partial charge on any atom is 0.191 e. The average Bonchev–Trinajstić information content (AvgIpc) is 3.01. The quantitative estimate of drug-likeness (QED) is 0.505. The molecule has 168 valence electrons. The molecule has 1 heterocycles. The van der Waals surface area contributed by atoms with E-state index in [0.29, 0.717) is 6.54 Å². The summed E-state index contributed by atoms with van der Waals surface area (Å²) in [5.74, 6) is 1.69. The summed E-state index contributed by atoms with van der Waals surface area (Å²) in [5.41, 5.74) is 3.80. The first-order valence-electron chi connectivity index (χ1n) is 11.3. The molecule has 2 aromatic rings. The van der Waals surface area contributed by atoms with Gasteiger partial charge in [0.05, 0.1) is 13.7 Å². The second-order valence-electron chi connectivity index (χ2n) is 8.15. The molecule has 6 nitrogen and oxygen atoms in total. The highest BCUT2D eigenvalue weighted by molar-refractivity contribution is 5.79. The van der Waals surface area contributed by atoms with Crippen molar-refractivity contribution in [2.75, 3.05) is 46.9 Å². The molecule has 0 unspecified atom stereocenters. The second-order valence-corrected chi connectivity index (χ2v) is 8.15. The van der Waals surface area contributed by atoms with Crippen molar-refractivity contribution in [3.63, 3.8) is 0 Å². The number of hydrogen-bond acceptors (Lipinski definition) is 4. The van der Waals surface area contributed by atoms with Crippen LogP contribution in [-0.4, -0.2) is 62.6 Å². The van der Waals surface area contributed by atoms with E-state index in [1.165, 1.54) is 30.6 Å². The third-order valence-corrected chi connectivity index (χ3v) is 5.62. The molecule has 0 aromatic heterocycles. The molecule has 2 N–H and O–H groups in total. The molecule has 0 saturated carbocycles. The van der Waals surface area contributed by atoms with Crippen molar-refractivity contribution < 1.29 is 4.74 Å². The van der Waals surface area contributed by atoms with Gasteiger partial charge in [0.15, 0.2) is 5.96 Å². The monoisotopic (exact) mass is 423 g/mol. The third-order valence-electron chi connectivity index (χ3n) is 5.62. The van der Waals surface area contributed by atoms with Gasteiger partial charge in [-0.2, -0.15) is 0 Å². The number of likely N-dealkylation sites (N-methyl/N-ethyl adjacent to an activating group) is 1. The lowest BCUT2D eigenvalue weighted by molar-refractivity contribution is 0.269. The molecular formula is C25H37N5O. The molecule has 0 aliphatic carbocycles. The molecule has 6 heteroatoms. The third kappa shape index (κ3) is 7.89. The van der Waals surface area contributed by atoms with Gasteiger partial charge in [-0.25, -0.2) is 4.99 Å². The zero-order chi connectivity index (χ0) is 21.9. The summed E-state index contributed by atoms with van der Waals surface area (Å²) in [5, 5.41) is 6.77. The van der Waals surface area contributed by atoms with Crippen LogP contribution >= 0.6 is 0 Å². The van der Waals surface area contributed by atoms with Gasteiger partial charge in [0.1, 0.15) is 5.75 Å². The second kappa shape index (κ2) is 12.3. The molecule has 0 spiro atoms. The van der Waals surface area contributed by atoms with Crippen molar-refractivity contribution in [1.29, 1.82) is 0 Å². The lowest BCUT2D eigenvalue weighted by Gasteiger charge is -2.20. The van der Waals surface area contributed by atoms with Crippen LogP contribution in [0.5, 0.6) is 5.75 Å². The van der Waals surface area contributed by atoms with Gasteiger partial charge in [0.2, 0.25) is 0 Å². The number of benzene rings is 2. The van der Waals surface area contributed by atoms with E-state index in [4.69, 9.17) is 9.73 Å². The summed E-state index contributed by atoms with van der Waals surface area (Å²) >= 11 is 0. The van der Waals surface area contributed by atoms with Gasteiger partial charge in [-0.3, -0.25) is 4.90 Å². The van der Waals surface area contributed by atoms with E-state index in [-0.39, 0.29) is 0 Å². The molecule has 0 bridgehead atoms. The molecule has 1 aliphatic heterocycles. The van der Waals surface area contributed by atoms with Crippen LogP contribution in [0.2, 0.25) is 0 Å². The maximum atomic E-state index is 5.22. The number of nitrogens with zero attached hydrogens (tertiary/aromatic N) is 3. The van der Waals surface area contributed by atoms with E-state index < -0.39 is 0 Å². The lowest BCUT2D eigenvalue weighted by Crippen LogP contribution is -2.36. The van der Waals surface area contributed by atoms with Gasteiger partial charge in [0, 0.05) is 32.7 Å². The summed E-state index contributed by atoms with van der Waals surface area (Å²) in [7, 11) is 3.90. The fourth-order valence-corrected chi connectivity index (χ4v) is 3.71. The first-order chi connectivity index (χ1) is 15.2. The van der Waals surface area contributed by atoms with Gasteiger partial charge < -0.3 is 20.3 Å². The number of methoxy groups -OCH3 is 1. The van der Waals surface area contributed by atoms with Crippen LogP contribution in [0.15, 0.2) is 53.5 Å². The van der Waals surface area contributed by atoms with Gasteiger partial charge in [-0.05, 0) is 62.3 Å². The van der Waals surface area contributed by atoms with Crippen molar-refractivity contribution in [2.24, 2.45) is 4.99 Å². The van der Waals surface area contributed by atoms with E-state index in [0.717, 1.165) is 50.0 Å². The Bertz CT molecular complexity index is 804. The van der Waals surface area contributed by atoms with E-state index in [9.17, 15) is 0 Å². The minimum Gasteiger partial charge on any atom is -0.497 e. The zero-order valence-corrected chi connectivity index (χ0v) is 19.2. The van der Waals surface area contributed by atoms with Crippen molar-refractivity contribution in [2.45, 2.75) is 33.0 Å². The Morgan fingerprint density at radius 2 is 1.61 bits per heavy atom. The summed E-state index contributed by atoms with van der Waals surface area (Å²) in [6, 6.07) is 17.0. The first-order valence-corrected chi connectivity index (χ1v) is 11.3. The van der Waals surface area contributed by atoms with Crippen molar-refractivity contribution >= 4 is 5.96 Å². The number of guanidine groups is 1. The maximum absolute atomic E-state index is 5.22. The molecule has 3 rings (SSSR count). The van der Waals surface area contributed by atoms with Crippen molar-refractivity contribution in [3.05, 3.63) is 65.2 Å². The van der Waals surface area contributed by atoms with Crippen LogP contribution in [0, 0.1) is 0 Å². The highest BCUT2D eigenvalue weighted by Gasteiger charge is 2.12. The number of rotatable bonds is 8. The number of aliphatic imine (C=N–C) groups is 1. The van der Waals surface area contributed by atoms with Crippen LogP contribution < -0.4 is 15.4 Å². The Kier molecular flexibility index (Phi) is 9.18. The topological polar surface area (TPSA) is 52.1 Å². The van der Waals surface area contributed by atoms with Gasteiger partial charge >= 0.3 is 0 Å². The Morgan fingerprint density at radius 1 is 0.903 bits per heavy atom. The van der Waals surface area contributed by atoms with Crippen LogP contribution in [-0.2, 0) is 19.6 Å². The zero-order valence-electron chi connectivity index (χ0n) is 19.2. The average molecular weight is 424 g/mol. The SMILES string of the molecule is CCNC(=NCc1ccc(OC)cc1)NCc1ccc(CN2CCCN(C)CC2)cc1. The molecule has 2 aromatic carbocycles. The summed E-state index contributed by atoms with van der Waals surface area (Å²) in [4.78, 5) is 9.69. The number of ether oxygens (including phenoxy) is 1. The Labute approximate surface area is 187 Å². The van der Waals surface area contributed by atoms with Crippen LogP contribution in [0.4, 0.5) is 0 Å². The highest BCUT2D eigenvalue weighted by Crippen LogP contribution is 2.12.